The molecule has 0 N–H and O–H groups in total. The second-order valence-corrected chi connectivity index (χ2v) is 5.90. The highest BCUT2D eigenvalue weighted by molar-refractivity contribution is 5.82. The first-order chi connectivity index (χ1) is 13.9. The van der Waals surface area contributed by atoms with Crippen molar-refractivity contribution in [3.05, 3.63) is 25.3 Å². The summed E-state index contributed by atoms with van der Waals surface area (Å²) in [6, 6.07) is 0. The predicted octanol–water partition coefficient (Wildman–Crippen LogP) is 4.60. The van der Waals surface area contributed by atoms with Gasteiger partial charge in [-0.2, -0.15) is 52.7 Å². The van der Waals surface area contributed by atoms with Gasteiger partial charge in [-0.15, -0.1) is 0 Å². The zero-order valence-electron chi connectivity index (χ0n) is 14.5. The minimum Gasteiger partial charge on any atom is -0.395 e. The van der Waals surface area contributed by atoms with Gasteiger partial charge in [0.05, 0.1) is 0 Å². The fraction of sp³-hybridized carbons (Fsp3) is 0.571. The number of halogens is 14. The molecule has 4 nitrogen and oxygen atoms in total. The zero-order valence-corrected chi connectivity index (χ0v) is 14.5. The van der Waals surface area contributed by atoms with Gasteiger partial charge in [0.1, 0.15) is 0 Å². The summed E-state index contributed by atoms with van der Waals surface area (Å²) in [6.07, 6.45) is -15.6. The summed E-state index contributed by atoms with van der Waals surface area (Å²) in [7, 11) is 0. The van der Waals surface area contributed by atoms with Crippen molar-refractivity contribution in [3.63, 3.8) is 0 Å². The lowest BCUT2D eigenvalue weighted by Crippen LogP contribution is -2.91. The standard InChI is InChI=1S/C14H6F14O4/c1-3-5(29)31-13(25,26)7(15)9(17,18)11(21,22)8(16,12(23,24)10(7,19)20)14(27,28)32-6(30)4-2/h3-4H,1-2H2. The van der Waals surface area contributed by atoms with E-state index >= 15 is 0 Å². The highest BCUT2D eigenvalue weighted by Gasteiger charge is 3.09. The van der Waals surface area contributed by atoms with E-state index < -0.39 is 71.3 Å². The van der Waals surface area contributed by atoms with Crippen molar-refractivity contribution in [2.75, 3.05) is 0 Å². The summed E-state index contributed by atoms with van der Waals surface area (Å²) in [4.78, 5) is 21.4. The maximum Gasteiger partial charge on any atom is 0.448 e. The first-order valence-corrected chi connectivity index (χ1v) is 7.26. The van der Waals surface area contributed by atoms with Gasteiger partial charge in [-0.05, 0) is 0 Å². The average Bonchev–Trinajstić information content (AvgIpc) is 2.63. The van der Waals surface area contributed by atoms with E-state index in [2.05, 4.69) is 22.6 Å². The van der Waals surface area contributed by atoms with Crippen LogP contribution in [0.2, 0.25) is 0 Å². The Balaban J connectivity index is 4.08. The molecule has 0 aromatic heterocycles. The Kier molecular flexibility index (Phi) is 5.98. The molecule has 18 heteroatoms. The monoisotopic (exact) mass is 504 g/mol. The van der Waals surface area contributed by atoms with Crippen molar-refractivity contribution in [1.29, 1.82) is 0 Å². The van der Waals surface area contributed by atoms with Crippen LogP contribution in [0.5, 0.6) is 0 Å². The number of esters is 2. The van der Waals surface area contributed by atoms with Crippen molar-refractivity contribution >= 4 is 11.9 Å². The lowest BCUT2D eigenvalue weighted by Gasteiger charge is -2.56. The van der Waals surface area contributed by atoms with Crippen molar-refractivity contribution < 1.29 is 80.5 Å². The van der Waals surface area contributed by atoms with Gasteiger partial charge in [0.25, 0.3) is 0 Å². The second kappa shape index (κ2) is 6.97. The lowest BCUT2D eigenvalue weighted by molar-refractivity contribution is -0.534. The van der Waals surface area contributed by atoms with Crippen LogP contribution in [-0.4, -0.2) is 59.2 Å². The van der Waals surface area contributed by atoms with Crippen LogP contribution < -0.4 is 0 Å². The first kappa shape index (κ1) is 27.5. The van der Waals surface area contributed by atoms with Gasteiger partial charge in [-0.3, -0.25) is 0 Å². The Morgan fingerprint density at radius 2 is 0.750 bits per heavy atom. The third kappa shape index (κ3) is 2.76. The fourth-order valence-corrected chi connectivity index (χ4v) is 2.47. The third-order valence-electron chi connectivity index (χ3n) is 4.11. The van der Waals surface area contributed by atoms with Crippen molar-refractivity contribution in [2.45, 2.75) is 47.2 Å². The summed E-state index contributed by atoms with van der Waals surface area (Å²) in [5.74, 6) is -38.4. The lowest BCUT2D eigenvalue weighted by atomic mass is 9.65. The highest BCUT2D eigenvalue weighted by Crippen LogP contribution is 2.74. The van der Waals surface area contributed by atoms with E-state index in [1.54, 1.807) is 0 Å². The molecule has 1 saturated carbocycles. The van der Waals surface area contributed by atoms with Crippen LogP contribution >= 0.6 is 0 Å². The molecule has 1 aliphatic rings. The molecule has 0 aliphatic heterocycles. The van der Waals surface area contributed by atoms with Crippen LogP contribution in [0.15, 0.2) is 25.3 Å². The summed E-state index contributed by atoms with van der Waals surface area (Å²) in [5, 5.41) is 0. The normalized spacial score (nSPS) is 30.7. The van der Waals surface area contributed by atoms with Crippen LogP contribution in [0.4, 0.5) is 61.5 Å². The predicted molar refractivity (Wildman–Crippen MR) is 69.9 cm³/mol. The Labute approximate surface area is 166 Å². The van der Waals surface area contributed by atoms with E-state index in [0.29, 0.717) is 0 Å². The molecule has 0 aromatic rings. The quantitative estimate of drug-likeness (QED) is 0.302. The number of ether oxygens (including phenoxy) is 2. The zero-order chi connectivity index (χ0) is 26.0. The number of alkyl halides is 14. The minimum atomic E-state index is -8.20. The molecule has 0 saturated heterocycles. The van der Waals surface area contributed by atoms with Crippen molar-refractivity contribution in [1.82, 2.24) is 0 Å². The number of carbonyl (C=O) groups is 2. The molecule has 1 aliphatic carbocycles. The summed E-state index contributed by atoms with van der Waals surface area (Å²) < 4.78 is 200. The number of carbonyl (C=O) groups excluding carboxylic acids is 2. The smallest absolute Gasteiger partial charge is 0.395 e. The Morgan fingerprint density at radius 3 is 0.906 bits per heavy atom. The minimum absolute atomic E-state index is 0.477. The molecule has 0 unspecified atom stereocenters. The van der Waals surface area contributed by atoms with Crippen molar-refractivity contribution in [3.8, 4) is 0 Å². The molecule has 0 spiro atoms. The van der Waals surface area contributed by atoms with E-state index in [4.69, 9.17) is 0 Å². The van der Waals surface area contributed by atoms with Gasteiger partial charge in [-0.1, -0.05) is 13.2 Å². The van der Waals surface area contributed by atoms with Gasteiger partial charge in [-0.25, -0.2) is 18.4 Å². The summed E-state index contributed by atoms with van der Waals surface area (Å²) in [5.41, 5.74) is -16.1. The second-order valence-electron chi connectivity index (χ2n) is 5.90. The van der Waals surface area contributed by atoms with Gasteiger partial charge >= 0.3 is 59.2 Å². The number of hydrogen-bond donors (Lipinski definition) is 0. The van der Waals surface area contributed by atoms with Crippen LogP contribution in [0, 0.1) is 0 Å². The first-order valence-electron chi connectivity index (χ1n) is 7.26. The molecule has 0 amide bonds. The van der Waals surface area contributed by atoms with Crippen LogP contribution in [0.1, 0.15) is 0 Å². The number of hydrogen-bond acceptors (Lipinski definition) is 4. The summed E-state index contributed by atoms with van der Waals surface area (Å²) in [6.45, 7) is 4.63. The van der Waals surface area contributed by atoms with E-state index in [1.807, 2.05) is 0 Å². The Hall–Kier alpha value is -2.56. The van der Waals surface area contributed by atoms with Gasteiger partial charge < -0.3 is 9.47 Å². The molecule has 0 aromatic carbocycles. The molecule has 0 heterocycles. The van der Waals surface area contributed by atoms with Crippen LogP contribution in [0.25, 0.3) is 0 Å². The molecule has 32 heavy (non-hydrogen) atoms. The average molecular weight is 504 g/mol. The molecule has 0 bridgehead atoms. The van der Waals surface area contributed by atoms with Crippen LogP contribution in [0.3, 0.4) is 0 Å². The molecule has 1 fully saturated rings. The van der Waals surface area contributed by atoms with E-state index in [-0.39, 0.29) is 0 Å². The third-order valence-corrected chi connectivity index (χ3v) is 4.11. The van der Waals surface area contributed by atoms with E-state index in [1.165, 1.54) is 0 Å². The SMILES string of the molecule is C=CC(=O)OC(F)(F)C1(F)C(F)(F)C(F)(F)C(F)(C(F)(F)OC(=O)C=C)C(F)(F)C1(F)F. The molecule has 0 radical (unpaired) electrons. The fourth-order valence-electron chi connectivity index (χ4n) is 2.47. The van der Waals surface area contributed by atoms with Crippen LogP contribution in [-0.2, 0) is 19.1 Å². The van der Waals surface area contributed by atoms with Gasteiger partial charge in [0, 0.05) is 12.2 Å². The maximum atomic E-state index is 14.4. The summed E-state index contributed by atoms with van der Waals surface area (Å²) >= 11 is 0. The molecule has 0 atom stereocenters. The largest absolute Gasteiger partial charge is 0.448 e. The maximum absolute atomic E-state index is 14.4. The van der Waals surface area contributed by atoms with Gasteiger partial charge in [0.2, 0.25) is 0 Å². The van der Waals surface area contributed by atoms with E-state index in [0.717, 1.165) is 0 Å². The molecule has 1 rings (SSSR count). The van der Waals surface area contributed by atoms with Crippen molar-refractivity contribution in [2.24, 2.45) is 0 Å². The molecule has 184 valence electrons. The Bertz CT molecular complexity index is 737. The topological polar surface area (TPSA) is 52.6 Å². The number of rotatable bonds is 6. The highest BCUT2D eigenvalue weighted by atomic mass is 19.4. The Morgan fingerprint density at radius 1 is 0.562 bits per heavy atom. The van der Waals surface area contributed by atoms with E-state index in [9.17, 15) is 71.1 Å². The van der Waals surface area contributed by atoms with Gasteiger partial charge in [0.15, 0.2) is 0 Å². The molecular formula is C14H6F14O4. The molecular weight excluding hydrogens is 498 g/mol.